The Hall–Kier alpha value is -3.77. The lowest BCUT2D eigenvalue weighted by molar-refractivity contribution is -0.132. The van der Waals surface area contributed by atoms with Crippen molar-refractivity contribution >= 4 is 29.6 Å². The minimum Gasteiger partial charge on any atom is -0.496 e. The number of carboxylic acids is 1. The summed E-state index contributed by atoms with van der Waals surface area (Å²) in [6.07, 6.45) is 2.99. The minimum absolute atomic E-state index is 0.235. The summed E-state index contributed by atoms with van der Waals surface area (Å²) >= 11 is 6.32. The first-order valence-corrected chi connectivity index (χ1v) is 12.2. The van der Waals surface area contributed by atoms with Gasteiger partial charge in [-0.2, -0.15) is 0 Å². The zero-order valence-corrected chi connectivity index (χ0v) is 21.4. The fraction of sp³-hybridized carbons (Fsp3) is 0.241. The van der Waals surface area contributed by atoms with Crippen molar-refractivity contribution in [3.63, 3.8) is 0 Å². The summed E-state index contributed by atoms with van der Waals surface area (Å²) in [5, 5.41) is 12.6. The van der Waals surface area contributed by atoms with Crippen LogP contribution in [0.15, 0.2) is 66.2 Å². The van der Waals surface area contributed by atoms with E-state index < -0.39 is 5.97 Å². The van der Waals surface area contributed by atoms with Gasteiger partial charge in [-0.3, -0.25) is 4.79 Å². The molecule has 0 unspecified atom stereocenters. The molecule has 2 N–H and O–H groups in total. The number of benzene rings is 3. The van der Waals surface area contributed by atoms with Crippen LogP contribution < -0.4 is 14.8 Å². The molecule has 0 aliphatic heterocycles. The number of ether oxygens (including phenoxy) is 2. The molecule has 7 heteroatoms. The molecule has 0 fully saturated rings. The smallest absolute Gasteiger partial charge is 0.331 e. The van der Waals surface area contributed by atoms with Gasteiger partial charge in [0.1, 0.15) is 11.5 Å². The normalized spacial score (nSPS) is 11.2. The van der Waals surface area contributed by atoms with Crippen LogP contribution in [0.3, 0.4) is 0 Å². The summed E-state index contributed by atoms with van der Waals surface area (Å²) < 4.78 is 11.1. The molecule has 0 atom stereocenters. The number of halogens is 1. The van der Waals surface area contributed by atoms with Gasteiger partial charge in [-0.15, -0.1) is 0 Å². The number of hydrogen-bond donors (Lipinski definition) is 2. The van der Waals surface area contributed by atoms with Crippen LogP contribution in [0.1, 0.15) is 48.2 Å². The van der Waals surface area contributed by atoms with E-state index in [9.17, 15) is 14.7 Å². The number of aliphatic carboxylic acids is 1. The molecule has 36 heavy (non-hydrogen) atoms. The summed E-state index contributed by atoms with van der Waals surface area (Å²) in [4.78, 5) is 24.2. The van der Waals surface area contributed by atoms with E-state index in [0.717, 1.165) is 28.7 Å². The average Bonchev–Trinajstić information content (AvgIpc) is 2.89. The van der Waals surface area contributed by atoms with Gasteiger partial charge in [-0.05, 0) is 72.0 Å². The van der Waals surface area contributed by atoms with Crippen molar-refractivity contribution in [1.29, 1.82) is 0 Å². The van der Waals surface area contributed by atoms with Crippen LogP contribution in [0.25, 0.3) is 17.2 Å². The van der Waals surface area contributed by atoms with Gasteiger partial charge in [0.2, 0.25) is 0 Å². The van der Waals surface area contributed by atoms with Crippen molar-refractivity contribution in [2.45, 2.75) is 33.2 Å². The third-order valence-corrected chi connectivity index (χ3v) is 5.91. The van der Waals surface area contributed by atoms with Gasteiger partial charge in [0.05, 0.1) is 24.3 Å². The molecule has 1 amide bonds. The molecule has 0 aromatic heterocycles. The van der Waals surface area contributed by atoms with E-state index in [1.54, 1.807) is 31.4 Å². The van der Waals surface area contributed by atoms with Crippen LogP contribution in [0, 0.1) is 0 Å². The van der Waals surface area contributed by atoms with E-state index in [2.05, 4.69) is 5.32 Å². The number of carbonyl (C=O) groups is 2. The van der Waals surface area contributed by atoms with Gasteiger partial charge in [0.15, 0.2) is 0 Å². The molecular formula is C29H30ClNO5. The molecule has 0 saturated heterocycles. The molecule has 3 rings (SSSR count). The summed E-state index contributed by atoms with van der Waals surface area (Å²) in [6, 6.07) is 18.4. The maximum atomic E-state index is 12.8. The van der Waals surface area contributed by atoms with E-state index in [4.69, 9.17) is 21.1 Å². The fourth-order valence-electron chi connectivity index (χ4n) is 3.68. The highest BCUT2D eigenvalue weighted by molar-refractivity contribution is 6.34. The van der Waals surface area contributed by atoms with Gasteiger partial charge >= 0.3 is 5.97 Å². The second-order valence-corrected chi connectivity index (χ2v) is 8.56. The standard InChI is InChI=1S/C29H30ClNO5/c1-4-13-36-24-10-11-25(26(30)17-24)28(32)31-18-23-16-22(9-12-27(23)35-3)21-8-6-7-19(15-21)14-20(5-2)29(33)34/h6-12,14-17H,4-5,13,18H2,1-3H3,(H,31,32)(H,33,34)/b20-14+. The second-order valence-electron chi connectivity index (χ2n) is 8.15. The predicted molar refractivity (Wildman–Crippen MR) is 143 cm³/mol. The van der Waals surface area contributed by atoms with Crippen LogP contribution in [0.5, 0.6) is 11.5 Å². The van der Waals surface area contributed by atoms with Gasteiger partial charge in [0.25, 0.3) is 5.91 Å². The molecule has 3 aromatic carbocycles. The Labute approximate surface area is 216 Å². The van der Waals surface area contributed by atoms with Gasteiger partial charge < -0.3 is 19.9 Å². The Morgan fingerprint density at radius 2 is 1.81 bits per heavy atom. The first-order valence-electron chi connectivity index (χ1n) is 11.8. The van der Waals surface area contributed by atoms with Crippen molar-refractivity contribution in [1.82, 2.24) is 5.32 Å². The van der Waals surface area contributed by atoms with Gasteiger partial charge in [-0.1, -0.05) is 49.7 Å². The molecular weight excluding hydrogens is 478 g/mol. The number of rotatable bonds is 11. The molecule has 0 bridgehead atoms. The summed E-state index contributed by atoms with van der Waals surface area (Å²) in [5.74, 6) is 0.0407. The molecule has 6 nitrogen and oxygen atoms in total. The maximum absolute atomic E-state index is 12.8. The van der Waals surface area contributed by atoms with E-state index in [-0.39, 0.29) is 12.5 Å². The number of methoxy groups -OCH3 is 1. The number of carbonyl (C=O) groups excluding carboxylic acids is 1. The van der Waals surface area contributed by atoms with Crippen molar-refractivity contribution in [3.05, 3.63) is 87.9 Å². The fourth-order valence-corrected chi connectivity index (χ4v) is 3.94. The van der Waals surface area contributed by atoms with Gasteiger partial charge in [-0.25, -0.2) is 4.79 Å². The summed E-state index contributed by atoms with van der Waals surface area (Å²) in [5.41, 5.74) is 4.14. The highest BCUT2D eigenvalue weighted by Crippen LogP contribution is 2.28. The number of nitrogens with one attached hydrogen (secondary N) is 1. The van der Waals surface area contributed by atoms with Crippen molar-refractivity contribution in [2.75, 3.05) is 13.7 Å². The van der Waals surface area contributed by atoms with E-state index in [1.807, 2.05) is 56.3 Å². The van der Waals surface area contributed by atoms with Crippen LogP contribution >= 0.6 is 11.6 Å². The second kappa shape index (κ2) is 12.8. The predicted octanol–water partition coefficient (Wildman–Crippen LogP) is 6.61. The maximum Gasteiger partial charge on any atom is 0.331 e. The Balaban J connectivity index is 1.81. The van der Waals surface area contributed by atoms with E-state index in [1.165, 1.54) is 0 Å². The zero-order valence-electron chi connectivity index (χ0n) is 20.6. The highest BCUT2D eigenvalue weighted by atomic mass is 35.5. The number of amides is 1. The van der Waals surface area contributed by atoms with Crippen LogP contribution in [0.4, 0.5) is 0 Å². The molecule has 0 radical (unpaired) electrons. The average molecular weight is 508 g/mol. The third-order valence-electron chi connectivity index (χ3n) is 5.59. The lowest BCUT2D eigenvalue weighted by Crippen LogP contribution is -2.23. The number of hydrogen-bond acceptors (Lipinski definition) is 4. The SMILES string of the molecule is CCCOc1ccc(C(=O)NCc2cc(-c3cccc(/C=C(\CC)C(=O)O)c3)ccc2OC)c(Cl)c1. The monoisotopic (exact) mass is 507 g/mol. The molecule has 3 aromatic rings. The lowest BCUT2D eigenvalue weighted by atomic mass is 9.99. The Kier molecular flexibility index (Phi) is 9.53. The van der Waals surface area contributed by atoms with Crippen LogP contribution in [-0.4, -0.2) is 30.7 Å². The molecule has 0 aliphatic rings. The largest absolute Gasteiger partial charge is 0.496 e. The topological polar surface area (TPSA) is 84.9 Å². The van der Waals surface area contributed by atoms with Gasteiger partial charge in [0, 0.05) is 17.7 Å². The zero-order chi connectivity index (χ0) is 26.1. The molecule has 0 saturated carbocycles. The summed E-state index contributed by atoms with van der Waals surface area (Å²) in [6.45, 7) is 4.65. The first kappa shape index (κ1) is 26.8. The van der Waals surface area contributed by atoms with E-state index in [0.29, 0.717) is 40.7 Å². The van der Waals surface area contributed by atoms with E-state index >= 15 is 0 Å². The lowest BCUT2D eigenvalue weighted by Gasteiger charge is -2.13. The molecule has 188 valence electrons. The van der Waals surface area contributed by atoms with Crippen molar-refractivity contribution in [2.24, 2.45) is 0 Å². The van der Waals surface area contributed by atoms with Crippen molar-refractivity contribution < 1.29 is 24.2 Å². The Morgan fingerprint density at radius 3 is 2.47 bits per heavy atom. The number of carboxylic acid groups (broad SMARTS) is 1. The minimum atomic E-state index is -0.923. The third kappa shape index (κ3) is 6.89. The molecule has 0 spiro atoms. The first-order chi connectivity index (χ1) is 17.4. The van der Waals surface area contributed by atoms with Crippen LogP contribution in [0.2, 0.25) is 5.02 Å². The molecule has 0 aliphatic carbocycles. The Bertz CT molecular complexity index is 1270. The van der Waals surface area contributed by atoms with Crippen molar-refractivity contribution in [3.8, 4) is 22.6 Å². The highest BCUT2D eigenvalue weighted by Gasteiger charge is 2.14. The Morgan fingerprint density at radius 1 is 1.03 bits per heavy atom. The van der Waals surface area contributed by atoms with Crippen LogP contribution in [-0.2, 0) is 11.3 Å². The summed E-state index contributed by atoms with van der Waals surface area (Å²) in [7, 11) is 1.58. The quantitative estimate of drug-likeness (QED) is 0.285. The molecule has 0 heterocycles.